The van der Waals surface area contributed by atoms with Crippen molar-refractivity contribution in [3.63, 3.8) is 0 Å². The van der Waals surface area contributed by atoms with Gasteiger partial charge in [-0.3, -0.25) is 0 Å². The van der Waals surface area contributed by atoms with Crippen LogP contribution in [-0.4, -0.2) is 11.7 Å². The number of aliphatic hydroxyl groups is 1. The summed E-state index contributed by atoms with van der Waals surface area (Å²) in [6.07, 6.45) is 2.27. The lowest BCUT2D eigenvalue weighted by molar-refractivity contribution is 0.300. The lowest BCUT2D eigenvalue weighted by atomic mass is 10.1. The third-order valence-electron chi connectivity index (χ3n) is 1.22. The molecule has 0 saturated carbocycles. The normalized spacial score (nSPS) is 11.3. The van der Waals surface area contributed by atoms with Crippen LogP contribution >= 0.6 is 0 Å². The Labute approximate surface area is 67.7 Å². The number of aliphatic hydroxyl groups excluding tert-OH is 1. The number of allylic oxidation sites excluding steroid dienone is 3. The summed E-state index contributed by atoms with van der Waals surface area (Å²) in [5.41, 5.74) is 7.85. The summed E-state index contributed by atoms with van der Waals surface area (Å²) in [6.45, 7) is 9.33. The van der Waals surface area contributed by atoms with Crippen LogP contribution in [0, 0.1) is 0 Å². The Hall–Kier alpha value is -1.02. The highest BCUT2D eigenvalue weighted by molar-refractivity contribution is 5.31. The second-order valence-corrected chi connectivity index (χ2v) is 2.52. The van der Waals surface area contributed by atoms with E-state index in [0.29, 0.717) is 12.1 Å². The fourth-order valence-electron chi connectivity index (χ4n) is 0.647. The molecule has 0 fully saturated rings. The standard InChI is InChI=1S/C9H15NO/c1-7(2)6-9(10)8(3)4-5-11/h6,11H,1,3-5,10H2,2H3/b9-6+. The van der Waals surface area contributed by atoms with Crippen molar-refractivity contribution in [2.45, 2.75) is 13.3 Å². The van der Waals surface area contributed by atoms with Crippen molar-refractivity contribution in [3.05, 3.63) is 36.1 Å². The lowest BCUT2D eigenvalue weighted by Gasteiger charge is -2.02. The molecule has 0 radical (unpaired) electrons. The monoisotopic (exact) mass is 153 g/mol. The second-order valence-electron chi connectivity index (χ2n) is 2.52. The fraction of sp³-hybridized carbons (Fsp3) is 0.333. The molecule has 0 heterocycles. The Morgan fingerprint density at radius 2 is 2.09 bits per heavy atom. The molecule has 0 unspecified atom stereocenters. The number of nitrogens with two attached hydrogens (primary N) is 1. The molecule has 2 nitrogen and oxygen atoms in total. The van der Waals surface area contributed by atoms with Gasteiger partial charge in [-0.25, -0.2) is 0 Å². The molecule has 0 aromatic heterocycles. The van der Waals surface area contributed by atoms with E-state index in [1.165, 1.54) is 0 Å². The van der Waals surface area contributed by atoms with E-state index in [2.05, 4.69) is 13.2 Å². The molecule has 0 aliphatic heterocycles. The van der Waals surface area contributed by atoms with Crippen molar-refractivity contribution < 1.29 is 5.11 Å². The minimum atomic E-state index is 0.0869. The summed E-state index contributed by atoms with van der Waals surface area (Å²) in [5, 5.41) is 8.55. The Balaban J connectivity index is 4.12. The van der Waals surface area contributed by atoms with Gasteiger partial charge in [0.05, 0.1) is 0 Å². The molecule has 0 rings (SSSR count). The van der Waals surface area contributed by atoms with Crippen LogP contribution in [0.5, 0.6) is 0 Å². The molecule has 0 amide bonds. The quantitative estimate of drug-likeness (QED) is 0.599. The second kappa shape index (κ2) is 4.74. The van der Waals surface area contributed by atoms with Crippen LogP contribution in [-0.2, 0) is 0 Å². The highest BCUT2D eigenvalue weighted by Gasteiger charge is 1.95. The van der Waals surface area contributed by atoms with E-state index in [-0.39, 0.29) is 6.61 Å². The zero-order valence-electron chi connectivity index (χ0n) is 6.93. The van der Waals surface area contributed by atoms with Crippen LogP contribution < -0.4 is 5.73 Å². The van der Waals surface area contributed by atoms with Crippen molar-refractivity contribution in [1.82, 2.24) is 0 Å². The largest absolute Gasteiger partial charge is 0.399 e. The Bertz CT molecular complexity index is 192. The molecule has 11 heavy (non-hydrogen) atoms. The lowest BCUT2D eigenvalue weighted by Crippen LogP contribution is -2.01. The van der Waals surface area contributed by atoms with Crippen LogP contribution in [0.1, 0.15) is 13.3 Å². The molecular formula is C9H15NO. The smallest absolute Gasteiger partial charge is 0.0472 e. The van der Waals surface area contributed by atoms with E-state index < -0.39 is 0 Å². The Morgan fingerprint density at radius 3 is 2.45 bits per heavy atom. The summed E-state index contributed by atoms with van der Waals surface area (Å²) >= 11 is 0. The van der Waals surface area contributed by atoms with Gasteiger partial charge in [0.15, 0.2) is 0 Å². The van der Waals surface area contributed by atoms with Gasteiger partial charge in [0, 0.05) is 12.3 Å². The maximum absolute atomic E-state index is 8.55. The van der Waals surface area contributed by atoms with Crippen LogP contribution in [0.15, 0.2) is 36.1 Å². The Kier molecular flexibility index (Phi) is 4.30. The van der Waals surface area contributed by atoms with Gasteiger partial charge >= 0.3 is 0 Å². The maximum atomic E-state index is 8.55. The van der Waals surface area contributed by atoms with Crippen molar-refractivity contribution in [3.8, 4) is 0 Å². The first-order chi connectivity index (χ1) is 5.07. The molecule has 0 aromatic carbocycles. The summed E-state index contributed by atoms with van der Waals surface area (Å²) in [6, 6.07) is 0. The molecule has 0 saturated heterocycles. The average molecular weight is 153 g/mol. The van der Waals surface area contributed by atoms with E-state index in [1.807, 2.05) is 6.92 Å². The molecule has 0 aliphatic carbocycles. The summed E-state index contributed by atoms with van der Waals surface area (Å²) in [5.74, 6) is 0. The van der Waals surface area contributed by atoms with Gasteiger partial charge in [-0.2, -0.15) is 0 Å². The summed E-state index contributed by atoms with van der Waals surface area (Å²) in [4.78, 5) is 0. The van der Waals surface area contributed by atoms with Crippen LogP contribution in [0.2, 0.25) is 0 Å². The van der Waals surface area contributed by atoms with E-state index >= 15 is 0 Å². The minimum Gasteiger partial charge on any atom is -0.399 e. The van der Waals surface area contributed by atoms with Crippen LogP contribution in [0.3, 0.4) is 0 Å². The molecule has 0 spiro atoms. The molecule has 0 atom stereocenters. The molecule has 0 aliphatic rings. The number of rotatable bonds is 4. The Morgan fingerprint density at radius 1 is 1.55 bits per heavy atom. The summed E-state index contributed by atoms with van der Waals surface area (Å²) < 4.78 is 0. The van der Waals surface area contributed by atoms with E-state index in [0.717, 1.165) is 11.1 Å². The van der Waals surface area contributed by atoms with Gasteiger partial charge in [0.25, 0.3) is 0 Å². The van der Waals surface area contributed by atoms with Gasteiger partial charge in [-0.1, -0.05) is 18.7 Å². The molecule has 62 valence electrons. The van der Waals surface area contributed by atoms with Gasteiger partial charge in [-0.15, -0.1) is 0 Å². The van der Waals surface area contributed by atoms with Gasteiger partial charge < -0.3 is 10.8 Å². The molecule has 2 heteroatoms. The predicted molar refractivity (Wildman–Crippen MR) is 47.9 cm³/mol. The van der Waals surface area contributed by atoms with Crippen molar-refractivity contribution in [1.29, 1.82) is 0 Å². The highest BCUT2D eigenvalue weighted by Crippen LogP contribution is 2.07. The van der Waals surface area contributed by atoms with Gasteiger partial charge in [-0.05, 0) is 25.0 Å². The first-order valence-corrected chi connectivity index (χ1v) is 3.49. The molecule has 3 N–H and O–H groups in total. The molecule has 0 bridgehead atoms. The molecular weight excluding hydrogens is 138 g/mol. The van der Waals surface area contributed by atoms with Gasteiger partial charge in [0.2, 0.25) is 0 Å². The van der Waals surface area contributed by atoms with E-state index in [9.17, 15) is 0 Å². The van der Waals surface area contributed by atoms with Crippen molar-refractivity contribution in [2.24, 2.45) is 5.73 Å². The van der Waals surface area contributed by atoms with Crippen molar-refractivity contribution >= 4 is 0 Å². The van der Waals surface area contributed by atoms with Crippen molar-refractivity contribution in [2.75, 3.05) is 6.61 Å². The minimum absolute atomic E-state index is 0.0869. The number of hydrogen-bond donors (Lipinski definition) is 2. The molecule has 0 aromatic rings. The van der Waals surface area contributed by atoms with E-state index in [1.54, 1.807) is 6.08 Å². The highest BCUT2D eigenvalue weighted by atomic mass is 16.2. The first-order valence-electron chi connectivity index (χ1n) is 3.49. The van der Waals surface area contributed by atoms with Gasteiger partial charge in [0.1, 0.15) is 0 Å². The zero-order valence-corrected chi connectivity index (χ0v) is 6.93. The van der Waals surface area contributed by atoms with E-state index in [4.69, 9.17) is 10.8 Å². The van der Waals surface area contributed by atoms with Crippen LogP contribution in [0.4, 0.5) is 0 Å². The third kappa shape index (κ3) is 4.39. The SMILES string of the molecule is C=C(C)/C=C(/N)C(=C)CCO. The topological polar surface area (TPSA) is 46.2 Å². The number of hydrogen-bond acceptors (Lipinski definition) is 2. The predicted octanol–water partition coefficient (Wildman–Crippen LogP) is 1.34. The first kappa shape index (κ1) is 9.98. The maximum Gasteiger partial charge on any atom is 0.0472 e. The fourth-order valence-corrected chi connectivity index (χ4v) is 0.647. The average Bonchev–Trinajstić information content (AvgIpc) is 1.86. The third-order valence-corrected chi connectivity index (χ3v) is 1.22. The zero-order chi connectivity index (χ0) is 8.85. The van der Waals surface area contributed by atoms with Crippen LogP contribution in [0.25, 0.3) is 0 Å². The summed E-state index contributed by atoms with van der Waals surface area (Å²) in [7, 11) is 0.